The van der Waals surface area contributed by atoms with E-state index in [4.69, 9.17) is 0 Å². The molecular formula is C12H14N2OS2. The number of amides is 1. The molecule has 90 valence electrons. The van der Waals surface area contributed by atoms with E-state index in [-0.39, 0.29) is 11.9 Å². The predicted molar refractivity (Wildman–Crippen MR) is 72.6 cm³/mol. The maximum atomic E-state index is 11.8. The van der Waals surface area contributed by atoms with E-state index in [0.29, 0.717) is 5.69 Å². The predicted octanol–water partition coefficient (Wildman–Crippen LogP) is 3.40. The zero-order valence-electron chi connectivity index (χ0n) is 9.77. The molecule has 0 saturated heterocycles. The second-order valence-corrected chi connectivity index (χ2v) is 5.60. The van der Waals surface area contributed by atoms with Gasteiger partial charge in [0.15, 0.2) is 0 Å². The highest BCUT2D eigenvalue weighted by Gasteiger charge is 2.13. The monoisotopic (exact) mass is 266 g/mol. The number of hydrogen-bond acceptors (Lipinski definition) is 4. The van der Waals surface area contributed by atoms with Crippen LogP contribution in [0.1, 0.15) is 30.8 Å². The number of nitrogens with one attached hydrogen (secondary N) is 1. The highest BCUT2D eigenvalue weighted by atomic mass is 32.1. The van der Waals surface area contributed by atoms with E-state index in [0.717, 1.165) is 16.3 Å². The van der Waals surface area contributed by atoms with Crippen molar-refractivity contribution in [2.45, 2.75) is 26.3 Å². The van der Waals surface area contributed by atoms with Crippen LogP contribution in [0, 0.1) is 0 Å². The lowest BCUT2D eigenvalue weighted by atomic mass is 10.2. The van der Waals surface area contributed by atoms with Gasteiger partial charge in [0.25, 0.3) is 5.91 Å². The van der Waals surface area contributed by atoms with Crippen molar-refractivity contribution in [1.82, 2.24) is 10.3 Å². The van der Waals surface area contributed by atoms with Crippen molar-refractivity contribution >= 4 is 28.6 Å². The van der Waals surface area contributed by atoms with Gasteiger partial charge >= 0.3 is 0 Å². The smallest absolute Gasteiger partial charge is 0.270 e. The Morgan fingerprint density at radius 1 is 1.53 bits per heavy atom. The summed E-state index contributed by atoms with van der Waals surface area (Å²) < 4.78 is 0. The SMILES string of the molecule is CC[C@@H](C)NC(=O)c1csc(-c2cccs2)n1. The molecule has 2 heterocycles. The van der Waals surface area contributed by atoms with Gasteiger partial charge in [0, 0.05) is 11.4 Å². The van der Waals surface area contributed by atoms with Crippen LogP contribution in [0.4, 0.5) is 0 Å². The number of aromatic nitrogens is 1. The van der Waals surface area contributed by atoms with E-state index < -0.39 is 0 Å². The second-order valence-electron chi connectivity index (χ2n) is 3.80. The van der Waals surface area contributed by atoms with Gasteiger partial charge in [0.1, 0.15) is 10.7 Å². The molecule has 0 radical (unpaired) electrons. The minimum absolute atomic E-state index is 0.0848. The summed E-state index contributed by atoms with van der Waals surface area (Å²) in [5, 5.41) is 7.65. The molecule has 0 aliphatic rings. The molecule has 5 heteroatoms. The Morgan fingerprint density at radius 2 is 2.35 bits per heavy atom. The first-order chi connectivity index (χ1) is 8.20. The van der Waals surface area contributed by atoms with Crippen LogP contribution in [0.25, 0.3) is 9.88 Å². The van der Waals surface area contributed by atoms with E-state index in [2.05, 4.69) is 10.3 Å². The summed E-state index contributed by atoms with van der Waals surface area (Å²) in [7, 11) is 0. The third-order valence-corrected chi connectivity index (χ3v) is 4.34. The van der Waals surface area contributed by atoms with E-state index in [1.165, 1.54) is 11.3 Å². The third-order valence-electron chi connectivity index (χ3n) is 2.46. The maximum absolute atomic E-state index is 11.8. The standard InChI is InChI=1S/C12H14N2OS2/c1-3-8(2)13-11(15)9-7-17-12(14-9)10-5-4-6-16-10/h4-8H,3H2,1-2H3,(H,13,15)/t8-/m1/s1. The molecule has 1 amide bonds. The average Bonchev–Trinajstić information content (AvgIpc) is 2.98. The number of thiophene rings is 1. The topological polar surface area (TPSA) is 42.0 Å². The van der Waals surface area contributed by atoms with Crippen molar-refractivity contribution in [2.75, 3.05) is 0 Å². The van der Waals surface area contributed by atoms with Gasteiger partial charge in [-0.15, -0.1) is 22.7 Å². The number of carbonyl (C=O) groups excluding carboxylic acids is 1. The van der Waals surface area contributed by atoms with E-state index in [1.807, 2.05) is 36.7 Å². The summed E-state index contributed by atoms with van der Waals surface area (Å²) in [4.78, 5) is 17.3. The summed E-state index contributed by atoms with van der Waals surface area (Å²) >= 11 is 3.14. The zero-order chi connectivity index (χ0) is 12.3. The quantitative estimate of drug-likeness (QED) is 0.921. The molecule has 1 N–H and O–H groups in total. The average molecular weight is 266 g/mol. The Morgan fingerprint density at radius 3 is 3.00 bits per heavy atom. The van der Waals surface area contributed by atoms with Gasteiger partial charge in [0.2, 0.25) is 0 Å². The van der Waals surface area contributed by atoms with Crippen molar-refractivity contribution in [3.05, 3.63) is 28.6 Å². The first kappa shape index (κ1) is 12.3. The van der Waals surface area contributed by atoms with Gasteiger partial charge in [-0.3, -0.25) is 4.79 Å². The Labute approximate surface area is 109 Å². The number of nitrogens with zero attached hydrogens (tertiary/aromatic N) is 1. The summed E-state index contributed by atoms with van der Waals surface area (Å²) in [5.74, 6) is -0.0848. The highest BCUT2D eigenvalue weighted by molar-refractivity contribution is 7.20. The molecule has 2 aromatic heterocycles. The summed E-state index contributed by atoms with van der Waals surface area (Å²) in [6, 6.07) is 4.19. The number of rotatable bonds is 4. The second kappa shape index (κ2) is 5.42. The molecule has 2 rings (SSSR count). The zero-order valence-corrected chi connectivity index (χ0v) is 11.4. The van der Waals surface area contributed by atoms with E-state index >= 15 is 0 Å². The molecule has 17 heavy (non-hydrogen) atoms. The van der Waals surface area contributed by atoms with Crippen LogP contribution in [0.5, 0.6) is 0 Å². The molecular weight excluding hydrogens is 252 g/mol. The van der Waals surface area contributed by atoms with Crippen molar-refractivity contribution in [1.29, 1.82) is 0 Å². The molecule has 0 bridgehead atoms. The molecule has 0 aliphatic carbocycles. The summed E-state index contributed by atoms with van der Waals surface area (Å²) in [6.45, 7) is 4.04. The van der Waals surface area contributed by atoms with E-state index in [9.17, 15) is 4.79 Å². The number of hydrogen-bond donors (Lipinski definition) is 1. The molecule has 3 nitrogen and oxygen atoms in total. The van der Waals surface area contributed by atoms with Gasteiger partial charge in [-0.2, -0.15) is 0 Å². The largest absolute Gasteiger partial charge is 0.348 e. The molecule has 0 aromatic carbocycles. The third kappa shape index (κ3) is 2.92. The fraction of sp³-hybridized carbons (Fsp3) is 0.333. The Kier molecular flexibility index (Phi) is 3.91. The molecule has 2 aromatic rings. The first-order valence-electron chi connectivity index (χ1n) is 5.51. The number of thiazole rings is 1. The van der Waals surface area contributed by atoms with Crippen LogP contribution in [-0.2, 0) is 0 Å². The fourth-order valence-electron chi connectivity index (χ4n) is 1.29. The Hall–Kier alpha value is -1.20. The van der Waals surface area contributed by atoms with Gasteiger partial charge in [-0.05, 0) is 24.8 Å². The van der Waals surface area contributed by atoms with Gasteiger partial charge in [-0.1, -0.05) is 13.0 Å². The van der Waals surface area contributed by atoms with Gasteiger partial charge in [-0.25, -0.2) is 4.98 Å². The van der Waals surface area contributed by atoms with Crippen LogP contribution in [0.15, 0.2) is 22.9 Å². The lowest BCUT2D eigenvalue weighted by Gasteiger charge is -2.09. The lowest BCUT2D eigenvalue weighted by molar-refractivity contribution is 0.0935. The van der Waals surface area contributed by atoms with Crippen molar-refractivity contribution in [2.24, 2.45) is 0 Å². The Balaban J connectivity index is 2.11. The number of carbonyl (C=O) groups is 1. The van der Waals surface area contributed by atoms with Crippen LogP contribution in [-0.4, -0.2) is 16.9 Å². The van der Waals surface area contributed by atoms with Crippen molar-refractivity contribution < 1.29 is 4.79 Å². The molecule has 0 unspecified atom stereocenters. The van der Waals surface area contributed by atoms with Gasteiger partial charge < -0.3 is 5.32 Å². The van der Waals surface area contributed by atoms with Crippen LogP contribution < -0.4 is 5.32 Å². The fourth-order valence-corrected chi connectivity index (χ4v) is 2.91. The normalized spacial score (nSPS) is 12.4. The molecule has 0 aliphatic heterocycles. The minimum Gasteiger partial charge on any atom is -0.348 e. The molecule has 0 fully saturated rings. The maximum Gasteiger partial charge on any atom is 0.270 e. The molecule has 0 spiro atoms. The van der Waals surface area contributed by atoms with Crippen molar-refractivity contribution in [3.63, 3.8) is 0 Å². The van der Waals surface area contributed by atoms with Crippen LogP contribution in [0.3, 0.4) is 0 Å². The summed E-state index contributed by atoms with van der Waals surface area (Å²) in [5.41, 5.74) is 0.513. The molecule has 1 atom stereocenters. The molecule has 0 saturated carbocycles. The first-order valence-corrected chi connectivity index (χ1v) is 7.27. The summed E-state index contributed by atoms with van der Waals surface area (Å²) in [6.07, 6.45) is 0.924. The van der Waals surface area contributed by atoms with Crippen LogP contribution in [0.2, 0.25) is 0 Å². The lowest BCUT2D eigenvalue weighted by Crippen LogP contribution is -2.32. The van der Waals surface area contributed by atoms with Crippen LogP contribution >= 0.6 is 22.7 Å². The highest BCUT2D eigenvalue weighted by Crippen LogP contribution is 2.27. The van der Waals surface area contributed by atoms with E-state index in [1.54, 1.807) is 11.3 Å². The minimum atomic E-state index is -0.0848. The Bertz CT molecular complexity index is 490. The van der Waals surface area contributed by atoms with Crippen molar-refractivity contribution in [3.8, 4) is 9.88 Å². The van der Waals surface area contributed by atoms with Gasteiger partial charge in [0.05, 0.1) is 4.88 Å².